The number of ketones is 1. The van der Waals surface area contributed by atoms with Crippen LogP contribution in [0.4, 0.5) is 0 Å². The first-order valence-electron chi connectivity index (χ1n) is 7.06. The van der Waals surface area contributed by atoms with Crippen molar-refractivity contribution in [1.82, 2.24) is 0 Å². The van der Waals surface area contributed by atoms with Crippen LogP contribution in [0.1, 0.15) is 44.9 Å². The van der Waals surface area contributed by atoms with Crippen molar-refractivity contribution in [2.75, 3.05) is 6.61 Å². The van der Waals surface area contributed by atoms with E-state index in [1.165, 1.54) is 0 Å². The average Bonchev–Trinajstić information content (AvgIpc) is 3.16. The molecule has 0 aromatic carbocycles. The van der Waals surface area contributed by atoms with Gasteiger partial charge in [0.2, 0.25) is 0 Å². The highest BCUT2D eigenvalue weighted by Crippen LogP contribution is 2.39. The summed E-state index contributed by atoms with van der Waals surface area (Å²) < 4.78 is 10.8. The van der Waals surface area contributed by atoms with Crippen LogP contribution in [0.3, 0.4) is 0 Å². The largest absolute Gasteiger partial charge is 0.465 e. The molecule has 0 aromatic rings. The Bertz CT molecular complexity index is 342. The SMILES string of the molecule is O=C1CCC(COC(=O)C2CCC3OC3C2)CC1. The van der Waals surface area contributed by atoms with E-state index in [2.05, 4.69) is 0 Å². The summed E-state index contributed by atoms with van der Waals surface area (Å²) in [4.78, 5) is 23.0. The zero-order valence-corrected chi connectivity index (χ0v) is 10.6. The smallest absolute Gasteiger partial charge is 0.309 e. The van der Waals surface area contributed by atoms with Crippen molar-refractivity contribution in [1.29, 1.82) is 0 Å². The van der Waals surface area contributed by atoms with Gasteiger partial charge in [0.1, 0.15) is 5.78 Å². The molecule has 1 heterocycles. The first kappa shape index (κ1) is 12.2. The molecule has 3 rings (SSSR count). The van der Waals surface area contributed by atoms with Gasteiger partial charge in [-0.1, -0.05) is 0 Å². The molecule has 100 valence electrons. The van der Waals surface area contributed by atoms with Gasteiger partial charge in [0.15, 0.2) is 0 Å². The molecule has 3 unspecified atom stereocenters. The Morgan fingerprint density at radius 1 is 1.17 bits per heavy atom. The molecule has 1 aliphatic heterocycles. The second-order valence-electron chi connectivity index (χ2n) is 5.84. The van der Waals surface area contributed by atoms with Crippen molar-refractivity contribution in [3.63, 3.8) is 0 Å². The van der Waals surface area contributed by atoms with E-state index in [0.717, 1.165) is 32.1 Å². The van der Waals surface area contributed by atoms with Crippen molar-refractivity contribution in [3.05, 3.63) is 0 Å². The summed E-state index contributed by atoms with van der Waals surface area (Å²) in [6, 6.07) is 0. The highest BCUT2D eigenvalue weighted by molar-refractivity contribution is 5.79. The van der Waals surface area contributed by atoms with Gasteiger partial charge in [-0.3, -0.25) is 9.59 Å². The van der Waals surface area contributed by atoms with E-state index < -0.39 is 0 Å². The van der Waals surface area contributed by atoms with Crippen LogP contribution < -0.4 is 0 Å². The fourth-order valence-corrected chi connectivity index (χ4v) is 3.10. The van der Waals surface area contributed by atoms with E-state index in [4.69, 9.17) is 9.47 Å². The number of hydrogen-bond acceptors (Lipinski definition) is 4. The lowest BCUT2D eigenvalue weighted by atomic mass is 9.88. The molecule has 4 nitrogen and oxygen atoms in total. The van der Waals surface area contributed by atoms with Crippen LogP contribution in [0.2, 0.25) is 0 Å². The summed E-state index contributed by atoms with van der Waals surface area (Å²) in [5.74, 6) is 0.724. The van der Waals surface area contributed by atoms with Gasteiger partial charge in [-0.05, 0) is 38.0 Å². The van der Waals surface area contributed by atoms with E-state index in [1.807, 2.05) is 0 Å². The molecule has 0 bridgehead atoms. The van der Waals surface area contributed by atoms with Gasteiger partial charge in [-0.25, -0.2) is 0 Å². The Morgan fingerprint density at radius 2 is 1.94 bits per heavy atom. The van der Waals surface area contributed by atoms with E-state index in [1.54, 1.807) is 0 Å². The lowest BCUT2D eigenvalue weighted by Crippen LogP contribution is -2.27. The van der Waals surface area contributed by atoms with Crippen molar-refractivity contribution in [3.8, 4) is 0 Å². The number of esters is 1. The number of rotatable bonds is 3. The third-order valence-corrected chi connectivity index (χ3v) is 4.46. The summed E-state index contributed by atoms with van der Waals surface area (Å²) in [6.45, 7) is 0.498. The second-order valence-corrected chi connectivity index (χ2v) is 5.84. The first-order valence-corrected chi connectivity index (χ1v) is 7.06. The van der Waals surface area contributed by atoms with Gasteiger partial charge in [0.05, 0.1) is 24.7 Å². The molecule has 0 radical (unpaired) electrons. The highest BCUT2D eigenvalue weighted by Gasteiger charge is 2.46. The Morgan fingerprint density at radius 3 is 2.67 bits per heavy atom. The summed E-state index contributed by atoms with van der Waals surface area (Å²) in [7, 11) is 0. The Hall–Kier alpha value is -0.900. The van der Waals surface area contributed by atoms with E-state index in [-0.39, 0.29) is 11.9 Å². The second kappa shape index (κ2) is 5.00. The van der Waals surface area contributed by atoms with E-state index >= 15 is 0 Å². The molecule has 1 saturated heterocycles. The van der Waals surface area contributed by atoms with Gasteiger partial charge < -0.3 is 9.47 Å². The van der Waals surface area contributed by atoms with Crippen LogP contribution in [-0.2, 0) is 19.1 Å². The number of fused-ring (bicyclic) bond motifs is 1. The summed E-state index contributed by atoms with van der Waals surface area (Å²) in [5, 5.41) is 0. The monoisotopic (exact) mass is 252 g/mol. The molecule has 2 aliphatic carbocycles. The molecule has 0 aromatic heterocycles. The summed E-state index contributed by atoms with van der Waals surface area (Å²) in [5.41, 5.74) is 0. The van der Waals surface area contributed by atoms with Crippen LogP contribution >= 0.6 is 0 Å². The number of Topliss-reactive ketones (excluding diaryl/α,β-unsaturated/α-hetero) is 1. The minimum Gasteiger partial charge on any atom is -0.465 e. The molecule has 0 N–H and O–H groups in total. The zero-order valence-electron chi connectivity index (χ0n) is 10.6. The molecule has 4 heteroatoms. The molecule has 0 spiro atoms. The molecular formula is C14H20O4. The quantitative estimate of drug-likeness (QED) is 0.568. The highest BCUT2D eigenvalue weighted by atomic mass is 16.6. The first-order chi connectivity index (χ1) is 8.72. The fraction of sp³-hybridized carbons (Fsp3) is 0.857. The molecule has 2 saturated carbocycles. The van der Waals surface area contributed by atoms with Gasteiger partial charge in [0, 0.05) is 12.8 Å². The minimum atomic E-state index is -0.0548. The average molecular weight is 252 g/mol. The third-order valence-electron chi connectivity index (χ3n) is 4.46. The Kier molecular flexibility index (Phi) is 3.37. The third kappa shape index (κ3) is 2.74. The van der Waals surface area contributed by atoms with Gasteiger partial charge in [-0.15, -0.1) is 0 Å². The van der Waals surface area contributed by atoms with E-state index in [0.29, 0.717) is 43.4 Å². The predicted octanol–water partition coefficient (Wildman–Crippen LogP) is 1.86. The Balaban J connectivity index is 1.39. The lowest BCUT2D eigenvalue weighted by molar-refractivity contribution is -0.151. The normalized spacial score (nSPS) is 36.0. The molecule has 3 fully saturated rings. The van der Waals surface area contributed by atoms with Crippen LogP contribution in [0.5, 0.6) is 0 Å². The molecular weight excluding hydrogens is 232 g/mol. The maximum atomic E-state index is 11.9. The summed E-state index contributed by atoms with van der Waals surface area (Å²) >= 11 is 0. The fourth-order valence-electron chi connectivity index (χ4n) is 3.10. The topological polar surface area (TPSA) is 55.9 Å². The van der Waals surface area contributed by atoms with Crippen LogP contribution in [0.25, 0.3) is 0 Å². The standard InChI is InChI=1S/C14H20O4/c15-11-4-1-9(2-5-11)8-17-14(16)10-3-6-12-13(7-10)18-12/h9-10,12-13H,1-8H2. The van der Waals surface area contributed by atoms with Crippen LogP contribution in [0.15, 0.2) is 0 Å². The maximum Gasteiger partial charge on any atom is 0.309 e. The maximum absolute atomic E-state index is 11.9. The van der Waals surface area contributed by atoms with Crippen molar-refractivity contribution < 1.29 is 19.1 Å². The molecule has 18 heavy (non-hydrogen) atoms. The number of epoxide rings is 1. The number of carbonyl (C=O) groups is 2. The number of ether oxygens (including phenoxy) is 2. The van der Waals surface area contributed by atoms with Gasteiger partial charge in [0.25, 0.3) is 0 Å². The van der Waals surface area contributed by atoms with Crippen molar-refractivity contribution >= 4 is 11.8 Å². The van der Waals surface area contributed by atoms with Crippen molar-refractivity contribution in [2.45, 2.75) is 57.2 Å². The van der Waals surface area contributed by atoms with Gasteiger partial charge >= 0.3 is 5.97 Å². The Labute approximate surface area is 107 Å². The summed E-state index contributed by atoms with van der Waals surface area (Å²) in [6.07, 6.45) is 6.57. The predicted molar refractivity (Wildman–Crippen MR) is 63.9 cm³/mol. The number of carbonyl (C=O) groups excluding carboxylic acids is 2. The zero-order chi connectivity index (χ0) is 12.5. The minimum absolute atomic E-state index is 0.0407. The molecule has 3 aliphatic rings. The van der Waals surface area contributed by atoms with Crippen molar-refractivity contribution in [2.24, 2.45) is 11.8 Å². The molecule has 0 amide bonds. The molecule has 3 atom stereocenters. The van der Waals surface area contributed by atoms with Gasteiger partial charge in [-0.2, -0.15) is 0 Å². The van der Waals surface area contributed by atoms with Crippen LogP contribution in [0, 0.1) is 11.8 Å². The number of hydrogen-bond donors (Lipinski definition) is 0. The lowest BCUT2D eigenvalue weighted by Gasteiger charge is -2.23. The van der Waals surface area contributed by atoms with Crippen LogP contribution in [-0.4, -0.2) is 30.6 Å². The van der Waals surface area contributed by atoms with E-state index in [9.17, 15) is 9.59 Å².